The van der Waals surface area contributed by atoms with Crippen LogP contribution in [0.4, 0.5) is 0 Å². The van der Waals surface area contributed by atoms with E-state index in [0.717, 1.165) is 50.2 Å². The summed E-state index contributed by atoms with van der Waals surface area (Å²) in [6, 6.07) is 10.7. The third kappa shape index (κ3) is 3.69. The summed E-state index contributed by atoms with van der Waals surface area (Å²) in [5.74, 6) is 0.0518. The molecule has 8 heteroatoms. The second-order valence-corrected chi connectivity index (χ2v) is 10.6. The molecule has 36 heavy (non-hydrogen) atoms. The molecule has 1 aromatic carbocycles. The molecule has 1 aliphatic heterocycles. The van der Waals surface area contributed by atoms with Crippen molar-refractivity contribution < 1.29 is 4.79 Å². The molecule has 0 spiro atoms. The van der Waals surface area contributed by atoms with E-state index in [-0.39, 0.29) is 11.4 Å². The van der Waals surface area contributed by atoms with E-state index in [2.05, 4.69) is 67.3 Å². The number of benzene rings is 1. The number of aromatic nitrogens is 6. The maximum atomic E-state index is 13.1. The average Bonchev–Trinajstić information content (AvgIpc) is 3.59. The Hall–Kier alpha value is -4.20. The van der Waals surface area contributed by atoms with Crippen LogP contribution in [0.1, 0.15) is 48.0 Å². The minimum absolute atomic E-state index is 0.0518. The van der Waals surface area contributed by atoms with Gasteiger partial charge in [-0.15, -0.1) is 0 Å². The topological polar surface area (TPSA) is 73.2 Å². The van der Waals surface area contributed by atoms with Crippen molar-refractivity contribution >= 4 is 11.4 Å². The largest absolute Gasteiger partial charge is 0.328 e. The number of nitrogens with zero attached hydrogens (tertiary/aromatic N) is 7. The molecular formula is C28H29N7O. The van der Waals surface area contributed by atoms with Gasteiger partial charge in [-0.2, -0.15) is 15.3 Å². The maximum Gasteiger partial charge on any atom is 0.258 e. The summed E-state index contributed by atoms with van der Waals surface area (Å²) in [6.07, 6.45) is 9.62. The molecule has 0 aliphatic carbocycles. The van der Waals surface area contributed by atoms with Gasteiger partial charge < -0.3 is 4.90 Å². The van der Waals surface area contributed by atoms with Crippen molar-refractivity contribution in [1.82, 2.24) is 34.1 Å². The van der Waals surface area contributed by atoms with Crippen LogP contribution in [-0.4, -0.2) is 40.0 Å². The van der Waals surface area contributed by atoms with Gasteiger partial charge in [-0.25, -0.2) is 4.52 Å². The summed E-state index contributed by atoms with van der Waals surface area (Å²) in [7, 11) is 1.92. The number of fused-ring (bicyclic) bond motifs is 2. The Balaban J connectivity index is 1.26. The first-order valence-corrected chi connectivity index (χ1v) is 12.1. The number of rotatable bonds is 4. The monoisotopic (exact) mass is 479 g/mol. The molecule has 0 atom stereocenters. The van der Waals surface area contributed by atoms with Gasteiger partial charge in [0.05, 0.1) is 35.1 Å². The predicted molar refractivity (Wildman–Crippen MR) is 138 cm³/mol. The smallest absolute Gasteiger partial charge is 0.258 e. The number of carbonyl (C=O) groups is 1. The van der Waals surface area contributed by atoms with E-state index < -0.39 is 0 Å². The zero-order valence-electron chi connectivity index (χ0n) is 21.2. The SMILES string of the molecule is Cc1cc(-c2ccnn3cc(-c4cnn(C)c4)cc23)ccc1CN1Cc2nn(C(C)(C)C)cc2C1=O. The molecule has 182 valence electrons. The van der Waals surface area contributed by atoms with E-state index in [1.807, 2.05) is 58.2 Å². The Morgan fingerprint density at radius 3 is 2.47 bits per heavy atom. The molecule has 0 unspecified atom stereocenters. The van der Waals surface area contributed by atoms with Crippen molar-refractivity contribution in [2.75, 3.05) is 0 Å². The average molecular weight is 480 g/mol. The molecule has 1 amide bonds. The van der Waals surface area contributed by atoms with Crippen LogP contribution in [0.3, 0.4) is 0 Å². The van der Waals surface area contributed by atoms with E-state index >= 15 is 0 Å². The molecule has 1 aliphatic rings. The third-order valence-corrected chi connectivity index (χ3v) is 6.90. The van der Waals surface area contributed by atoms with E-state index in [0.29, 0.717) is 13.1 Å². The van der Waals surface area contributed by atoms with Crippen molar-refractivity contribution in [2.45, 2.75) is 46.3 Å². The van der Waals surface area contributed by atoms with Crippen LogP contribution in [0.25, 0.3) is 27.8 Å². The Bertz CT molecular complexity index is 1630. The highest BCUT2D eigenvalue weighted by molar-refractivity contribution is 5.97. The standard InChI is InChI=1S/C28H29N7O/c1-18-10-19(23-8-9-29-34-15-21(11-26(23)34)22-12-30-32(5)13-22)6-7-20(18)14-33-17-25-24(27(33)36)16-35(31-25)28(2,3)4/h6-13,15-16H,14,17H2,1-5H3. The van der Waals surface area contributed by atoms with E-state index in [1.165, 1.54) is 0 Å². The van der Waals surface area contributed by atoms with Gasteiger partial charge in [-0.3, -0.25) is 14.2 Å². The van der Waals surface area contributed by atoms with Crippen molar-refractivity contribution in [3.63, 3.8) is 0 Å². The van der Waals surface area contributed by atoms with Gasteiger partial charge >= 0.3 is 0 Å². The fourth-order valence-electron chi connectivity index (χ4n) is 4.83. The Morgan fingerprint density at radius 1 is 0.944 bits per heavy atom. The highest BCUT2D eigenvalue weighted by Gasteiger charge is 2.32. The molecule has 5 heterocycles. The number of carbonyl (C=O) groups excluding carboxylic acids is 1. The highest BCUT2D eigenvalue weighted by atomic mass is 16.2. The number of hydrogen-bond donors (Lipinski definition) is 0. The fraction of sp³-hybridized carbons (Fsp3) is 0.286. The molecule has 0 saturated heterocycles. The lowest BCUT2D eigenvalue weighted by Crippen LogP contribution is -2.27. The second kappa shape index (κ2) is 7.91. The third-order valence-electron chi connectivity index (χ3n) is 6.90. The van der Waals surface area contributed by atoms with Crippen LogP contribution in [0.2, 0.25) is 0 Å². The lowest BCUT2D eigenvalue weighted by molar-refractivity contribution is 0.0763. The molecule has 4 aromatic heterocycles. The molecule has 0 radical (unpaired) electrons. The Morgan fingerprint density at radius 2 is 1.78 bits per heavy atom. The van der Waals surface area contributed by atoms with Gasteiger partial charge in [-0.05, 0) is 56.5 Å². The molecule has 0 fully saturated rings. The van der Waals surface area contributed by atoms with Gasteiger partial charge in [0.2, 0.25) is 0 Å². The van der Waals surface area contributed by atoms with Crippen LogP contribution in [0, 0.1) is 6.92 Å². The molecule has 0 N–H and O–H groups in total. The lowest BCUT2D eigenvalue weighted by Gasteiger charge is -2.21. The summed E-state index contributed by atoms with van der Waals surface area (Å²) >= 11 is 0. The van der Waals surface area contributed by atoms with Crippen molar-refractivity contribution in [3.05, 3.63) is 83.7 Å². The Labute approximate surface area is 209 Å². The van der Waals surface area contributed by atoms with Gasteiger partial charge in [-0.1, -0.05) is 18.2 Å². The van der Waals surface area contributed by atoms with Gasteiger partial charge in [0.25, 0.3) is 5.91 Å². The number of hydrogen-bond acceptors (Lipinski definition) is 4. The van der Waals surface area contributed by atoms with Crippen LogP contribution in [0.5, 0.6) is 0 Å². The van der Waals surface area contributed by atoms with Crippen LogP contribution >= 0.6 is 0 Å². The first-order valence-electron chi connectivity index (χ1n) is 12.1. The van der Waals surface area contributed by atoms with Crippen molar-refractivity contribution in [3.8, 4) is 22.3 Å². The van der Waals surface area contributed by atoms with Gasteiger partial charge in [0, 0.05) is 55.1 Å². The van der Waals surface area contributed by atoms with Crippen molar-refractivity contribution in [2.24, 2.45) is 7.05 Å². The summed E-state index contributed by atoms with van der Waals surface area (Å²) in [5, 5.41) is 13.5. The first kappa shape index (κ1) is 22.3. The van der Waals surface area contributed by atoms with Gasteiger partial charge in [0.15, 0.2) is 0 Å². The zero-order valence-corrected chi connectivity index (χ0v) is 21.2. The molecular weight excluding hydrogens is 450 g/mol. The molecule has 8 nitrogen and oxygen atoms in total. The minimum Gasteiger partial charge on any atom is -0.328 e. The van der Waals surface area contributed by atoms with E-state index in [4.69, 9.17) is 0 Å². The summed E-state index contributed by atoms with van der Waals surface area (Å²) in [5.41, 5.74) is 9.15. The number of aryl methyl sites for hydroxylation is 2. The quantitative estimate of drug-likeness (QED) is 0.371. The lowest BCUT2D eigenvalue weighted by atomic mass is 9.99. The van der Waals surface area contributed by atoms with E-state index in [1.54, 1.807) is 4.68 Å². The molecule has 5 aromatic rings. The van der Waals surface area contributed by atoms with Crippen molar-refractivity contribution in [1.29, 1.82) is 0 Å². The number of amides is 1. The zero-order chi connectivity index (χ0) is 25.2. The minimum atomic E-state index is -0.140. The van der Waals surface area contributed by atoms with Crippen LogP contribution < -0.4 is 0 Å². The van der Waals surface area contributed by atoms with Crippen LogP contribution in [-0.2, 0) is 25.7 Å². The Kier molecular flexibility index (Phi) is 4.90. The highest BCUT2D eigenvalue weighted by Crippen LogP contribution is 2.31. The predicted octanol–water partition coefficient (Wildman–Crippen LogP) is 4.82. The van der Waals surface area contributed by atoms with Gasteiger partial charge in [0.1, 0.15) is 0 Å². The summed E-state index contributed by atoms with van der Waals surface area (Å²) in [4.78, 5) is 14.9. The molecule has 0 saturated carbocycles. The van der Waals surface area contributed by atoms with Crippen LogP contribution in [0.15, 0.2) is 61.3 Å². The first-order chi connectivity index (χ1) is 17.2. The summed E-state index contributed by atoms with van der Waals surface area (Å²) in [6.45, 7) is 9.49. The maximum absolute atomic E-state index is 13.1. The normalized spacial score (nSPS) is 13.7. The molecule has 6 rings (SSSR count). The second-order valence-electron chi connectivity index (χ2n) is 10.6. The van der Waals surface area contributed by atoms with E-state index in [9.17, 15) is 4.79 Å². The summed E-state index contributed by atoms with van der Waals surface area (Å²) < 4.78 is 5.61. The molecule has 0 bridgehead atoms. The fourth-order valence-corrected chi connectivity index (χ4v) is 4.83.